The van der Waals surface area contributed by atoms with E-state index in [0.29, 0.717) is 16.8 Å². The first kappa shape index (κ1) is 19.0. The van der Waals surface area contributed by atoms with E-state index in [1.807, 2.05) is 12.1 Å². The van der Waals surface area contributed by atoms with Crippen molar-refractivity contribution in [3.8, 4) is 5.75 Å². The van der Waals surface area contributed by atoms with E-state index in [0.717, 1.165) is 5.56 Å². The molecule has 7 heteroatoms. The molecule has 7 nitrogen and oxygen atoms in total. The summed E-state index contributed by atoms with van der Waals surface area (Å²) in [7, 11) is 2.63. The SMILES string of the molecule is CO/N=C(/C(=O)OC)c1ccccc1CO/N=C(\C)c1cccc(O)c1. The maximum atomic E-state index is 11.9. The van der Waals surface area contributed by atoms with Gasteiger partial charge in [0, 0.05) is 16.7 Å². The van der Waals surface area contributed by atoms with E-state index in [9.17, 15) is 9.90 Å². The molecule has 0 unspecified atom stereocenters. The van der Waals surface area contributed by atoms with Crippen LogP contribution in [-0.2, 0) is 25.8 Å². The maximum Gasteiger partial charge on any atom is 0.360 e. The van der Waals surface area contributed by atoms with Gasteiger partial charge in [0.1, 0.15) is 19.5 Å². The van der Waals surface area contributed by atoms with Gasteiger partial charge < -0.3 is 19.5 Å². The topological polar surface area (TPSA) is 89.7 Å². The van der Waals surface area contributed by atoms with Crippen molar-refractivity contribution < 1.29 is 24.3 Å². The monoisotopic (exact) mass is 356 g/mol. The van der Waals surface area contributed by atoms with Gasteiger partial charge in [0.15, 0.2) is 5.71 Å². The Balaban J connectivity index is 2.19. The summed E-state index contributed by atoms with van der Waals surface area (Å²) < 4.78 is 4.74. The second-order valence-electron chi connectivity index (χ2n) is 5.27. The molecule has 0 aliphatic heterocycles. The van der Waals surface area contributed by atoms with Crippen molar-refractivity contribution in [1.29, 1.82) is 0 Å². The van der Waals surface area contributed by atoms with Crippen LogP contribution in [-0.4, -0.2) is 36.7 Å². The highest BCUT2D eigenvalue weighted by atomic mass is 16.6. The highest BCUT2D eigenvalue weighted by Gasteiger charge is 2.19. The van der Waals surface area contributed by atoms with Crippen LogP contribution < -0.4 is 0 Å². The zero-order valence-electron chi connectivity index (χ0n) is 14.8. The third-order valence-electron chi connectivity index (χ3n) is 3.52. The molecule has 0 bridgehead atoms. The van der Waals surface area contributed by atoms with Crippen LogP contribution in [0.4, 0.5) is 0 Å². The van der Waals surface area contributed by atoms with Crippen LogP contribution in [0.3, 0.4) is 0 Å². The van der Waals surface area contributed by atoms with Crippen LogP contribution in [0.25, 0.3) is 0 Å². The third kappa shape index (κ3) is 4.83. The minimum atomic E-state index is -0.612. The molecule has 26 heavy (non-hydrogen) atoms. The standard InChI is InChI=1S/C19H20N2O5/c1-13(14-8-6-9-16(22)11-14)20-26-12-15-7-4-5-10-17(15)18(21-25-3)19(23)24-2/h4-11,22H,12H2,1-3H3/b20-13+,21-18+. The van der Waals surface area contributed by atoms with Crippen molar-refractivity contribution in [2.24, 2.45) is 10.3 Å². The first-order valence-electron chi connectivity index (χ1n) is 7.80. The predicted octanol–water partition coefficient (Wildman–Crippen LogP) is 2.86. The molecule has 136 valence electrons. The van der Waals surface area contributed by atoms with Crippen LogP contribution in [0.15, 0.2) is 58.8 Å². The largest absolute Gasteiger partial charge is 0.508 e. The smallest absolute Gasteiger partial charge is 0.360 e. The molecule has 0 amide bonds. The Morgan fingerprint density at radius 3 is 2.54 bits per heavy atom. The fourth-order valence-electron chi connectivity index (χ4n) is 2.24. The molecule has 1 N–H and O–H groups in total. The zero-order valence-corrected chi connectivity index (χ0v) is 14.8. The van der Waals surface area contributed by atoms with Gasteiger partial charge in [-0.2, -0.15) is 0 Å². The van der Waals surface area contributed by atoms with Gasteiger partial charge in [-0.1, -0.05) is 46.7 Å². The van der Waals surface area contributed by atoms with E-state index in [4.69, 9.17) is 14.4 Å². The number of esters is 1. The number of benzene rings is 2. The van der Waals surface area contributed by atoms with E-state index in [1.165, 1.54) is 14.2 Å². The molecule has 0 radical (unpaired) electrons. The third-order valence-corrected chi connectivity index (χ3v) is 3.52. The van der Waals surface area contributed by atoms with Crippen LogP contribution in [0.2, 0.25) is 0 Å². The molecule has 0 aliphatic rings. The normalized spacial score (nSPS) is 11.8. The summed E-state index contributed by atoms with van der Waals surface area (Å²) in [5.74, 6) is -0.459. The Kier molecular flexibility index (Phi) is 6.73. The summed E-state index contributed by atoms with van der Waals surface area (Å²) in [5, 5.41) is 17.3. The number of carbonyl (C=O) groups excluding carboxylic acids is 1. The van der Waals surface area contributed by atoms with E-state index < -0.39 is 5.97 Å². The Morgan fingerprint density at radius 1 is 1.08 bits per heavy atom. The molecule has 0 fully saturated rings. The lowest BCUT2D eigenvalue weighted by molar-refractivity contribution is -0.132. The molecule has 2 aromatic rings. The molecular weight excluding hydrogens is 336 g/mol. The molecule has 2 aromatic carbocycles. The van der Waals surface area contributed by atoms with Gasteiger partial charge in [-0.3, -0.25) is 0 Å². The number of aromatic hydroxyl groups is 1. The quantitative estimate of drug-likeness (QED) is 0.468. The summed E-state index contributed by atoms with van der Waals surface area (Å²) in [6.07, 6.45) is 0. The number of hydrogen-bond donors (Lipinski definition) is 1. The Labute approximate surface area is 151 Å². The number of rotatable bonds is 7. The van der Waals surface area contributed by atoms with Gasteiger partial charge in [0.2, 0.25) is 0 Å². The molecule has 0 aromatic heterocycles. The first-order chi connectivity index (χ1) is 12.6. The van der Waals surface area contributed by atoms with Crippen molar-refractivity contribution in [3.63, 3.8) is 0 Å². The van der Waals surface area contributed by atoms with Crippen molar-refractivity contribution in [1.82, 2.24) is 0 Å². The lowest BCUT2D eigenvalue weighted by atomic mass is 10.0. The summed E-state index contributed by atoms with van der Waals surface area (Å²) >= 11 is 0. The number of methoxy groups -OCH3 is 1. The maximum absolute atomic E-state index is 11.9. The van der Waals surface area contributed by atoms with E-state index in [-0.39, 0.29) is 18.1 Å². The average molecular weight is 356 g/mol. The Morgan fingerprint density at radius 2 is 1.85 bits per heavy atom. The van der Waals surface area contributed by atoms with E-state index in [1.54, 1.807) is 43.3 Å². The van der Waals surface area contributed by atoms with Gasteiger partial charge in [-0.15, -0.1) is 0 Å². The Hall–Kier alpha value is -3.35. The number of ether oxygens (including phenoxy) is 1. The molecule has 0 saturated carbocycles. The number of oxime groups is 2. The van der Waals surface area contributed by atoms with Crippen molar-refractivity contribution >= 4 is 17.4 Å². The second-order valence-corrected chi connectivity index (χ2v) is 5.27. The number of nitrogens with zero attached hydrogens (tertiary/aromatic N) is 2. The van der Waals surface area contributed by atoms with Crippen LogP contribution in [0.1, 0.15) is 23.6 Å². The van der Waals surface area contributed by atoms with Crippen molar-refractivity contribution in [3.05, 3.63) is 65.2 Å². The highest BCUT2D eigenvalue weighted by molar-refractivity contribution is 6.43. The summed E-state index contributed by atoms with van der Waals surface area (Å²) in [4.78, 5) is 22.1. The lowest BCUT2D eigenvalue weighted by Crippen LogP contribution is -2.19. The van der Waals surface area contributed by atoms with Gasteiger partial charge in [0.25, 0.3) is 0 Å². The van der Waals surface area contributed by atoms with Crippen LogP contribution in [0, 0.1) is 0 Å². The predicted molar refractivity (Wildman–Crippen MR) is 97.1 cm³/mol. The van der Waals surface area contributed by atoms with Crippen molar-refractivity contribution in [2.75, 3.05) is 14.2 Å². The minimum Gasteiger partial charge on any atom is -0.508 e. The van der Waals surface area contributed by atoms with Crippen molar-refractivity contribution in [2.45, 2.75) is 13.5 Å². The van der Waals surface area contributed by atoms with Gasteiger partial charge in [0.05, 0.1) is 12.8 Å². The fraction of sp³-hybridized carbons (Fsp3) is 0.211. The molecule has 0 aliphatic carbocycles. The minimum absolute atomic E-state index is 0.0443. The molecule has 2 rings (SSSR count). The van der Waals surface area contributed by atoms with Gasteiger partial charge >= 0.3 is 5.97 Å². The Bertz CT molecular complexity index is 830. The summed E-state index contributed by atoms with van der Waals surface area (Å²) in [6.45, 7) is 1.89. The molecule has 0 spiro atoms. The zero-order chi connectivity index (χ0) is 18.9. The summed E-state index contributed by atoms with van der Waals surface area (Å²) in [5.41, 5.74) is 2.63. The molecule has 0 atom stereocenters. The molecule has 0 saturated heterocycles. The molecule has 0 heterocycles. The van der Waals surface area contributed by atoms with Crippen LogP contribution in [0.5, 0.6) is 5.75 Å². The average Bonchev–Trinajstić information content (AvgIpc) is 2.66. The fourth-order valence-corrected chi connectivity index (χ4v) is 2.24. The van der Waals surface area contributed by atoms with E-state index in [2.05, 4.69) is 10.3 Å². The lowest BCUT2D eigenvalue weighted by Gasteiger charge is -2.10. The number of phenolic OH excluding ortho intramolecular Hbond substituents is 1. The van der Waals surface area contributed by atoms with Crippen LogP contribution >= 0.6 is 0 Å². The molecular formula is C19H20N2O5. The second kappa shape index (κ2) is 9.22. The number of hydrogen-bond acceptors (Lipinski definition) is 7. The summed E-state index contributed by atoms with van der Waals surface area (Å²) in [6, 6.07) is 13.8. The highest BCUT2D eigenvalue weighted by Crippen LogP contribution is 2.15. The number of phenols is 1. The first-order valence-corrected chi connectivity index (χ1v) is 7.80. The van der Waals surface area contributed by atoms with E-state index >= 15 is 0 Å². The van der Waals surface area contributed by atoms with Gasteiger partial charge in [-0.25, -0.2) is 4.79 Å². The van der Waals surface area contributed by atoms with Gasteiger partial charge in [-0.05, 0) is 19.1 Å². The number of carbonyl (C=O) groups is 1.